The number of esters is 1. The SMILES string of the molecule is CC(C)CCN1CCC(C)CC1.CC(C)CN1CCC(C)CC1.CC1CCN(C(C)C)CC1.CC1CCN(C)CC1.CC1CCN(CC(C)(C)C)CC1.CC1CCN(CC2CC2)CC1.CC1CCN(CC2CCC2)CC1.CCC(CC)CN1CCC(C)CC1.CCCN1CCC(C)CC1.CCN1CCC(C)CC1.COC(=O)CN1CCC(C)CC1.COCN1CCC(C)CC1. The van der Waals surface area contributed by atoms with E-state index in [4.69, 9.17) is 4.74 Å². The molecule has 2 saturated carbocycles. The number of piperidine rings is 12. The van der Waals surface area contributed by atoms with Gasteiger partial charge in [0.25, 0.3) is 0 Å². The molecule has 0 spiro atoms. The highest BCUT2D eigenvalue weighted by molar-refractivity contribution is 5.71. The maximum atomic E-state index is 10.9. The third-order valence-corrected chi connectivity index (χ3v) is 32.2. The molecule has 0 unspecified atom stereocenters. The van der Waals surface area contributed by atoms with Gasteiger partial charge in [0.05, 0.1) is 20.4 Å². The van der Waals surface area contributed by atoms with Crippen molar-refractivity contribution in [1.29, 1.82) is 0 Å². The normalized spacial score (nSPS) is 24.0. The molecule has 14 fully saturated rings. The van der Waals surface area contributed by atoms with Gasteiger partial charge < -0.3 is 58.5 Å². The number of likely N-dealkylation sites (tertiary alicyclic amines) is 12. The molecule has 0 bridgehead atoms. The van der Waals surface area contributed by atoms with Crippen molar-refractivity contribution in [3.63, 3.8) is 0 Å². The van der Waals surface area contributed by atoms with Crippen LogP contribution in [-0.2, 0) is 14.3 Å². The zero-order chi connectivity index (χ0) is 96.2. The standard InChI is InChI=1S/C12H25N.C11H21N.2C11H23N.C10H19N.C10H21N.C9H17NO2.2C9H19N.C8H17NO.C8H17N.C7H15N/c1-4-12(5-2)10-13-8-6-11(3)7-9-13;1-10-5-7-12(8-6-10)9-11-3-2-4-11;1-10-5-7-12(8-6-10)9-11(2,3)4;1-10(2)4-7-12-8-5-11(3)6-9-12;1-9-4-6-11(7-5-9)8-10-2-3-10;1-9(2)8-11-6-4-10(3)5-7-11;1-8-3-5-10(6-4-8)7-9(11)12-2;1-8(2)10-6-4-9(3)5-7-10;1-3-6-10-7-4-9(2)5-8-10;1-8-3-5-9(6-4-8)7-10-2;1-3-9-6-4-8(2)5-7-9;1-7-3-5-8(2)6-4-7/h11-12H,4-10H2,1-3H3;10-11H,2-9H2,1H3;10H,5-9H2,1-4H3;10-11H,4-9H2,1-3H3;9-10H,2-8H2,1H3;9-10H,4-8H2,1-3H3;8H,3-7H2,1-2H3;8-9H,4-7H2,1-3H3;9H,3-8H2,1-2H3;8H,3-7H2,1-2H3;8H,3-7H2,1-2H3;7H,3-6H2,1-2H3. The van der Waals surface area contributed by atoms with Gasteiger partial charge in [-0.1, -0.05) is 179 Å². The van der Waals surface area contributed by atoms with Crippen LogP contribution >= 0.6 is 0 Å². The first-order valence-electron chi connectivity index (χ1n) is 57.2. The minimum atomic E-state index is -0.121. The molecule has 0 radical (unpaired) electrons. The summed E-state index contributed by atoms with van der Waals surface area (Å²) in [7, 11) is 5.40. The summed E-state index contributed by atoms with van der Waals surface area (Å²) in [4.78, 5) is 41.4. The molecular formula is C115H236N12O3. The number of nitrogens with zero attached hydrogens (tertiary/aromatic N) is 12. The fourth-order valence-corrected chi connectivity index (χ4v) is 20.2. The molecule has 2 aliphatic carbocycles. The van der Waals surface area contributed by atoms with Gasteiger partial charge in [-0.3, -0.25) is 14.6 Å². The third-order valence-electron chi connectivity index (χ3n) is 32.2. The van der Waals surface area contributed by atoms with E-state index in [-0.39, 0.29) is 5.97 Å². The number of hydrogen-bond acceptors (Lipinski definition) is 15. The van der Waals surface area contributed by atoms with Gasteiger partial charge in [0.1, 0.15) is 0 Å². The molecule has 0 aromatic carbocycles. The highest BCUT2D eigenvalue weighted by Gasteiger charge is 2.29. The second-order valence-corrected chi connectivity index (χ2v) is 48.7. The predicted octanol–water partition coefficient (Wildman–Crippen LogP) is 25.3. The topological polar surface area (TPSA) is 74.4 Å². The Morgan fingerprint density at radius 3 is 0.892 bits per heavy atom. The van der Waals surface area contributed by atoms with Crippen molar-refractivity contribution in [2.75, 3.05) is 244 Å². The summed E-state index contributed by atoms with van der Waals surface area (Å²) in [6.45, 7) is 101. The fraction of sp³-hybridized carbons (Fsp3) is 0.991. The molecule has 15 heteroatoms. The van der Waals surface area contributed by atoms with Crippen LogP contribution in [0.1, 0.15) is 385 Å². The van der Waals surface area contributed by atoms with Crippen LogP contribution < -0.4 is 0 Å². The zero-order valence-corrected chi connectivity index (χ0v) is 93.4. The number of carbonyl (C=O) groups excluding carboxylic acids is 1. The predicted molar refractivity (Wildman–Crippen MR) is 572 cm³/mol. The fourth-order valence-electron chi connectivity index (χ4n) is 20.2. The Balaban J connectivity index is 0.000000366. The van der Waals surface area contributed by atoms with E-state index in [2.05, 4.69) is 244 Å². The molecular weight excluding hydrogens is 1600 g/mol. The van der Waals surface area contributed by atoms with Gasteiger partial charge in [-0.2, -0.15) is 0 Å². The van der Waals surface area contributed by atoms with E-state index in [1.165, 1.54) is 415 Å². The summed E-state index contributed by atoms with van der Waals surface area (Å²) in [6, 6.07) is 0.757. The second kappa shape index (κ2) is 74.0. The maximum absolute atomic E-state index is 10.9. The molecule has 0 N–H and O–H groups in total. The number of carbonyl (C=O) groups is 1. The number of ether oxygens (including phenoxy) is 2. The van der Waals surface area contributed by atoms with E-state index in [1.807, 2.05) is 0 Å². The van der Waals surface area contributed by atoms with Crippen molar-refractivity contribution in [3.05, 3.63) is 0 Å². The highest BCUT2D eigenvalue weighted by atomic mass is 16.5. The quantitative estimate of drug-likeness (QED) is 0.0965. The van der Waals surface area contributed by atoms with Crippen molar-refractivity contribution in [2.24, 2.45) is 106 Å². The van der Waals surface area contributed by atoms with Gasteiger partial charge in [0, 0.05) is 59.0 Å². The Morgan fingerprint density at radius 2 is 0.615 bits per heavy atom. The van der Waals surface area contributed by atoms with Gasteiger partial charge in [0.15, 0.2) is 0 Å². The minimum Gasteiger partial charge on any atom is -0.468 e. The van der Waals surface area contributed by atoms with Crippen molar-refractivity contribution in [1.82, 2.24) is 58.8 Å². The van der Waals surface area contributed by atoms with Crippen LogP contribution in [0.2, 0.25) is 0 Å². The summed E-state index contributed by atoms with van der Waals surface area (Å²) < 4.78 is 9.64. The van der Waals surface area contributed by atoms with Gasteiger partial charge in [-0.05, 0) is 483 Å². The first-order chi connectivity index (χ1) is 62.0. The van der Waals surface area contributed by atoms with E-state index in [0.717, 1.165) is 126 Å². The highest BCUT2D eigenvalue weighted by Crippen LogP contribution is 2.33. The number of rotatable bonds is 22. The average molecular weight is 1840 g/mol. The largest absolute Gasteiger partial charge is 0.468 e. The van der Waals surface area contributed by atoms with Crippen molar-refractivity contribution in [2.45, 2.75) is 391 Å². The minimum absolute atomic E-state index is 0.121. The second-order valence-electron chi connectivity index (χ2n) is 48.7. The molecule has 15 nitrogen and oxygen atoms in total. The Labute approximate surface area is 815 Å². The molecule has 0 aromatic heterocycles. The molecule has 0 aromatic rings. The summed E-state index contributed by atoms with van der Waals surface area (Å²) in [5.41, 5.74) is 0.473. The van der Waals surface area contributed by atoms with Crippen LogP contribution in [0.25, 0.3) is 0 Å². The van der Waals surface area contributed by atoms with Crippen molar-refractivity contribution in [3.8, 4) is 0 Å². The maximum Gasteiger partial charge on any atom is 0.319 e. The van der Waals surface area contributed by atoms with E-state index in [9.17, 15) is 4.79 Å². The lowest BCUT2D eigenvalue weighted by Gasteiger charge is -2.36. The lowest BCUT2D eigenvalue weighted by molar-refractivity contribution is -0.142. The van der Waals surface area contributed by atoms with Crippen LogP contribution in [0, 0.1) is 106 Å². The molecule has 12 aliphatic heterocycles. The lowest BCUT2D eigenvalue weighted by Crippen LogP contribution is -2.38. The smallest absolute Gasteiger partial charge is 0.319 e. The van der Waals surface area contributed by atoms with Crippen molar-refractivity contribution >= 4 is 5.97 Å². The van der Waals surface area contributed by atoms with E-state index in [1.54, 1.807) is 7.11 Å². The van der Waals surface area contributed by atoms with Gasteiger partial charge in [-0.25, -0.2) is 0 Å². The van der Waals surface area contributed by atoms with Crippen LogP contribution in [0.3, 0.4) is 0 Å². The summed E-state index contributed by atoms with van der Waals surface area (Å²) in [5.74, 6) is 16.2. The first-order valence-corrected chi connectivity index (χ1v) is 57.2. The summed E-state index contributed by atoms with van der Waals surface area (Å²) in [5, 5.41) is 0. The monoisotopic (exact) mass is 1830 g/mol. The molecule has 12 saturated heterocycles. The Kier molecular flexibility index (Phi) is 70.1. The average Bonchev–Trinajstić information content (AvgIpc) is 1.83. The number of hydrogen-bond donors (Lipinski definition) is 0. The lowest BCUT2D eigenvalue weighted by atomic mass is 9.84. The molecule has 0 amide bonds. The zero-order valence-electron chi connectivity index (χ0n) is 93.4. The molecule has 130 heavy (non-hydrogen) atoms. The van der Waals surface area contributed by atoms with Crippen LogP contribution in [0.15, 0.2) is 0 Å². The Morgan fingerprint density at radius 1 is 0.323 bits per heavy atom. The molecule has 14 aliphatic rings. The van der Waals surface area contributed by atoms with E-state index >= 15 is 0 Å². The van der Waals surface area contributed by atoms with Crippen LogP contribution in [0.5, 0.6) is 0 Å². The summed E-state index contributed by atoms with van der Waals surface area (Å²) in [6.07, 6.45) is 46.3. The van der Waals surface area contributed by atoms with Gasteiger partial charge in [-0.15, -0.1) is 0 Å². The molecule has 0 atom stereocenters. The van der Waals surface area contributed by atoms with Gasteiger partial charge >= 0.3 is 5.97 Å². The van der Waals surface area contributed by atoms with E-state index < -0.39 is 0 Å². The van der Waals surface area contributed by atoms with Crippen LogP contribution in [-0.4, -0.2) is 315 Å². The molecule has 774 valence electrons. The van der Waals surface area contributed by atoms with E-state index in [0.29, 0.717) is 12.0 Å². The Bertz CT molecular complexity index is 2430. The first kappa shape index (κ1) is 123. The van der Waals surface area contributed by atoms with Crippen LogP contribution in [0.4, 0.5) is 0 Å². The molecule has 14 rings (SSSR count). The Hall–Kier alpha value is -1.05. The van der Waals surface area contributed by atoms with Crippen molar-refractivity contribution < 1.29 is 14.3 Å². The van der Waals surface area contributed by atoms with Gasteiger partial charge in [0.2, 0.25) is 0 Å². The molecule has 12 heterocycles. The number of methoxy groups -OCH3 is 2. The summed E-state index contributed by atoms with van der Waals surface area (Å²) >= 11 is 0. The third kappa shape index (κ3) is 65.1.